The molecule has 1 saturated carbocycles. The third-order valence-corrected chi connectivity index (χ3v) is 4.54. The number of esters is 1. The normalized spacial score (nSPS) is 13.8. The van der Waals surface area contributed by atoms with Crippen LogP contribution in [0.1, 0.15) is 50.0 Å². The van der Waals surface area contributed by atoms with Crippen molar-refractivity contribution in [2.45, 2.75) is 46.1 Å². The van der Waals surface area contributed by atoms with Gasteiger partial charge in [-0.15, -0.1) is 0 Å². The lowest BCUT2D eigenvalue weighted by molar-refractivity contribution is 0.0506. The second-order valence-electron chi connectivity index (χ2n) is 6.65. The van der Waals surface area contributed by atoms with Crippen LogP contribution in [0.2, 0.25) is 0 Å². The molecule has 0 unspecified atom stereocenters. The molecule has 0 bridgehead atoms. The predicted molar refractivity (Wildman–Crippen MR) is 97.2 cm³/mol. The molecule has 1 fully saturated rings. The molecular formula is C20H24FNO4. The Morgan fingerprint density at radius 1 is 1.27 bits per heavy atom. The first-order valence-electron chi connectivity index (χ1n) is 9.22. The fourth-order valence-corrected chi connectivity index (χ4v) is 2.99. The summed E-state index contributed by atoms with van der Waals surface area (Å²) >= 11 is 0. The Kier molecular flexibility index (Phi) is 5.59. The van der Waals surface area contributed by atoms with Crippen LogP contribution in [0.25, 0.3) is 10.8 Å². The molecule has 1 aliphatic rings. The molecule has 1 aliphatic carbocycles. The molecule has 0 amide bonds. The second kappa shape index (κ2) is 7.89. The van der Waals surface area contributed by atoms with Gasteiger partial charge in [0.1, 0.15) is 5.82 Å². The average Bonchev–Trinajstić information content (AvgIpc) is 3.43. The molecule has 0 saturated heterocycles. The Labute approximate surface area is 151 Å². The van der Waals surface area contributed by atoms with E-state index in [4.69, 9.17) is 9.47 Å². The summed E-state index contributed by atoms with van der Waals surface area (Å²) < 4.78 is 26.4. The van der Waals surface area contributed by atoms with Gasteiger partial charge in [-0.25, -0.2) is 9.18 Å². The van der Waals surface area contributed by atoms with Gasteiger partial charge in [0.25, 0.3) is 5.56 Å². The number of pyridine rings is 1. The van der Waals surface area contributed by atoms with Gasteiger partial charge >= 0.3 is 5.97 Å². The van der Waals surface area contributed by atoms with Crippen LogP contribution in [0, 0.1) is 11.7 Å². The standard InChI is InChI=1S/C20H24FNO4/c1-3-5-10-26-18-16-11-14(21)8-9-15(16)19(23)22(12-13-6-7-13)17(18)20(24)25-4-2/h8-9,11,13H,3-7,10,12H2,1-2H3. The Balaban J connectivity index is 2.24. The van der Waals surface area contributed by atoms with Crippen LogP contribution in [0.15, 0.2) is 23.0 Å². The highest BCUT2D eigenvalue weighted by molar-refractivity contribution is 5.99. The maximum atomic E-state index is 13.9. The summed E-state index contributed by atoms with van der Waals surface area (Å²) in [6, 6.07) is 3.96. The van der Waals surface area contributed by atoms with Crippen LogP contribution < -0.4 is 10.3 Å². The predicted octanol–water partition coefficient (Wildman–Crippen LogP) is 3.91. The van der Waals surface area contributed by atoms with Crippen LogP contribution in [-0.4, -0.2) is 23.8 Å². The van der Waals surface area contributed by atoms with E-state index in [9.17, 15) is 14.0 Å². The zero-order valence-electron chi connectivity index (χ0n) is 15.2. The number of halogens is 1. The lowest BCUT2D eigenvalue weighted by Crippen LogP contribution is -2.29. The van der Waals surface area contributed by atoms with E-state index in [1.165, 1.54) is 22.8 Å². The van der Waals surface area contributed by atoms with E-state index in [2.05, 4.69) is 0 Å². The number of carbonyl (C=O) groups excluding carboxylic acids is 1. The van der Waals surface area contributed by atoms with Crippen LogP contribution in [0.4, 0.5) is 4.39 Å². The Hall–Kier alpha value is -2.37. The average molecular weight is 361 g/mol. The zero-order chi connectivity index (χ0) is 18.7. The summed E-state index contributed by atoms with van der Waals surface area (Å²) in [6.07, 6.45) is 3.77. The number of ether oxygens (including phenoxy) is 2. The third-order valence-electron chi connectivity index (χ3n) is 4.54. The Morgan fingerprint density at radius 3 is 2.69 bits per heavy atom. The van der Waals surface area contributed by atoms with Crippen molar-refractivity contribution in [2.75, 3.05) is 13.2 Å². The van der Waals surface area contributed by atoms with Crippen molar-refractivity contribution in [3.63, 3.8) is 0 Å². The molecule has 26 heavy (non-hydrogen) atoms. The van der Waals surface area contributed by atoms with Crippen molar-refractivity contribution in [3.8, 4) is 5.75 Å². The molecule has 1 aromatic heterocycles. The molecule has 1 aromatic carbocycles. The number of benzene rings is 1. The monoisotopic (exact) mass is 361 g/mol. The second-order valence-corrected chi connectivity index (χ2v) is 6.65. The molecule has 2 aromatic rings. The number of hydrogen-bond acceptors (Lipinski definition) is 4. The minimum atomic E-state index is -0.608. The number of hydrogen-bond donors (Lipinski definition) is 0. The summed E-state index contributed by atoms with van der Waals surface area (Å²) in [5, 5.41) is 0.674. The van der Waals surface area contributed by atoms with Crippen molar-refractivity contribution in [1.82, 2.24) is 4.57 Å². The zero-order valence-corrected chi connectivity index (χ0v) is 15.2. The maximum absolute atomic E-state index is 13.9. The summed E-state index contributed by atoms with van der Waals surface area (Å²) in [4.78, 5) is 25.6. The van der Waals surface area contributed by atoms with Crippen molar-refractivity contribution in [1.29, 1.82) is 0 Å². The van der Waals surface area contributed by atoms with Gasteiger partial charge in [-0.3, -0.25) is 9.36 Å². The number of aromatic nitrogens is 1. The molecular weight excluding hydrogens is 337 g/mol. The molecule has 0 atom stereocenters. The van der Waals surface area contributed by atoms with Crippen LogP contribution in [0.3, 0.4) is 0 Å². The lowest BCUT2D eigenvalue weighted by atomic mass is 10.1. The van der Waals surface area contributed by atoms with E-state index >= 15 is 0 Å². The van der Waals surface area contributed by atoms with Gasteiger partial charge in [-0.05, 0) is 50.3 Å². The highest BCUT2D eigenvalue weighted by atomic mass is 19.1. The van der Waals surface area contributed by atoms with E-state index in [-0.39, 0.29) is 23.6 Å². The molecule has 140 valence electrons. The van der Waals surface area contributed by atoms with Crippen molar-refractivity contribution >= 4 is 16.7 Å². The highest BCUT2D eigenvalue weighted by Crippen LogP contribution is 2.34. The van der Waals surface area contributed by atoms with E-state index in [1.807, 2.05) is 6.92 Å². The number of nitrogens with zero attached hydrogens (tertiary/aromatic N) is 1. The van der Waals surface area contributed by atoms with Crippen molar-refractivity contribution in [3.05, 3.63) is 40.1 Å². The van der Waals surface area contributed by atoms with Gasteiger partial charge in [-0.1, -0.05) is 13.3 Å². The first kappa shape index (κ1) is 18.4. The largest absolute Gasteiger partial charge is 0.490 e. The number of rotatable bonds is 8. The topological polar surface area (TPSA) is 57.5 Å². The van der Waals surface area contributed by atoms with Gasteiger partial charge in [0.05, 0.1) is 18.6 Å². The molecule has 0 spiro atoms. The van der Waals surface area contributed by atoms with Gasteiger partial charge in [0.2, 0.25) is 0 Å². The molecule has 3 rings (SSSR count). The highest BCUT2D eigenvalue weighted by Gasteiger charge is 2.29. The van der Waals surface area contributed by atoms with Gasteiger partial charge in [0, 0.05) is 11.9 Å². The van der Waals surface area contributed by atoms with Crippen LogP contribution in [-0.2, 0) is 11.3 Å². The number of fused-ring (bicyclic) bond motifs is 1. The molecule has 6 heteroatoms. The summed E-state index contributed by atoms with van der Waals surface area (Å²) in [7, 11) is 0. The number of carbonyl (C=O) groups is 1. The quantitative estimate of drug-likeness (QED) is 0.528. The molecule has 5 nitrogen and oxygen atoms in total. The van der Waals surface area contributed by atoms with E-state index in [1.54, 1.807) is 6.92 Å². The number of unbranched alkanes of at least 4 members (excludes halogenated alkanes) is 1. The van der Waals surface area contributed by atoms with Crippen molar-refractivity contribution in [2.24, 2.45) is 5.92 Å². The SMILES string of the molecule is CCCCOc1c(C(=O)OCC)n(CC2CC2)c(=O)c2ccc(F)cc12. The molecule has 1 heterocycles. The van der Waals surface area contributed by atoms with Crippen LogP contribution in [0.5, 0.6) is 5.75 Å². The van der Waals surface area contributed by atoms with Gasteiger partial charge in [0.15, 0.2) is 11.4 Å². The third kappa shape index (κ3) is 3.74. The van der Waals surface area contributed by atoms with E-state index in [0.29, 0.717) is 29.8 Å². The van der Waals surface area contributed by atoms with Gasteiger partial charge < -0.3 is 9.47 Å². The molecule has 0 N–H and O–H groups in total. The Morgan fingerprint density at radius 2 is 2.04 bits per heavy atom. The van der Waals surface area contributed by atoms with Gasteiger partial charge in [-0.2, -0.15) is 0 Å². The summed E-state index contributed by atoms with van der Waals surface area (Å²) in [5.41, 5.74) is -0.212. The van der Waals surface area contributed by atoms with E-state index < -0.39 is 11.8 Å². The minimum absolute atomic E-state index is 0.0953. The molecule has 0 aliphatic heterocycles. The minimum Gasteiger partial charge on any atom is -0.490 e. The summed E-state index contributed by atoms with van der Waals surface area (Å²) in [6.45, 7) is 4.76. The first-order chi connectivity index (χ1) is 12.6. The fraction of sp³-hybridized carbons (Fsp3) is 0.500. The first-order valence-corrected chi connectivity index (χ1v) is 9.22. The van der Waals surface area contributed by atoms with E-state index in [0.717, 1.165) is 25.7 Å². The molecule has 0 radical (unpaired) electrons. The fourth-order valence-electron chi connectivity index (χ4n) is 2.99. The summed E-state index contributed by atoms with van der Waals surface area (Å²) in [5.74, 6) is -0.469. The lowest BCUT2D eigenvalue weighted by Gasteiger charge is -2.19. The maximum Gasteiger partial charge on any atom is 0.358 e. The Bertz CT molecular complexity index is 870. The van der Waals surface area contributed by atoms with Crippen molar-refractivity contribution < 1.29 is 18.7 Å². The smallest absolute Gasteiger partial charge is 0.358 e. The van der Waals surface area contributed by atoms with Crippen LogP contribution >= 0.6 is 0 Å².